The van der Waals surface area contributed by atoms with Crippen molar-refractivity contribution in [3.05, 3.63) is 23.9 Å². The maximum absolute atomic E-state index is 12.0. The standard InChI is InChI=1S/C14H18N2O4/c17-11-7-16(8-11)14(18)10-3-4-13(15-6-10)20-9-12-2-1-5-19-12/h3-4,6,11-12,17H,1-2,5,7-9H2/t12-/m1/s1. The Kier molecular flexibility index (Phi) is 3.84. The number of aromatic nitrogens is 1. The van der Waals surface area contributed by atoms with Gasteiger partial charge in [-0.05, 0) is 18.9 Å². The number of β-amino-alcohol motifs (C(OH)–C–C–N with tert-alkyl or cyclic N) is 1. The highest BCUT2D eigenvalue weighted by Gasteiger charge is 2.29. The van der Waals surface area contributed by atoms with Gasteiger partial charge in [0.15, 0.2) is 0 Å². The van der Waals surface area contributed by atoms with E-state index in [2.05, 4.69) is 4.98 Å². The lowest BCUT2D eigenvalue weighted by molar-refractivity contribution is 0.00585. The van der Waals surface area contributed by atoms with Crippen LogP contribution in [0.25, 0.3) is 0 Å². The van der Waals surface area contributed by atoms with Gasteiger partial charge in [0.25, 0.3) is 5.91 Å². The highest BCUT2D eigenvalue weighted by molar-refractivity contribution is 5.94. The Morgan fingerprint density at radius 1 is 1.50 bits per heavy atom. The number of aliphatic hydroxyl groups excluding tert-OH is 1. The summed E-state index contributed by atoms with van der Waals surface area (Å²) in [6.07, 6.45) is 3.38. The molecule has 0 aromatic carbocycles. The molecule has 20 heavy (non-hydrogen) atoms. The van der Waals surface area contributed by atoms with Crippen LogP contribution < -0.4 is 4.74 Å². The first-order valence-corrected chi connectivity index (χ1v) is 6.90. The van der Waals surface area contributed by atoms with Gasteiger partial charge < -0.3 is 19.5 Å². The topological polar surface area (TPSA) is 71.9 Å². The van der Waals surface area contributed by atoms with Gasteiger partial charge >= 0.3 is 0 Å². The van der Waals surface area contributed by atoms with Gasteiger partial charge in [0, 0.05) is 32.0 Å². The number of aliphatic hydroxyl groups is 1. The Morgan fingerprint density at radius 3 is 2.95 bits per heavy atom. The quantitative estimate of drug-likeness (QED) is 0.866. The van der Waals surface area contributed by atoms with Crippen molar-refractivity contribution in [3.63, 3.8) is 0 Å². The van der Waals surface area contributed by atoms with Crippen molar-refractivity contribution in [2.24, 2.45) is 0 Å². The van der Waals surface area contributed by atoms with Gasteiger partial charge in [0.2, 0.25) is 5.88 Å². The van der Waals surface area contributed by atoms with Crippen LogP contribution >= 0.6 is 0 Å². The van der Waals surface area contributed by atoms with E-state index in [1.165, 1.54) is 6.20 Å². The average molecular weight is 278 g/mol. The summed E-state index contributed by atoms with van der Waals surface area (Å²) in [6.45, 7) is 2.10. The molecule has 1 N–H and O–H groups in total. The molecular formula is C14H18N2O4. The molecule has 0 spiro atoms. The van der Waals surface area contributed by atoms with Crippen molar-refractivity contribution >= 4 is 5.91 Å². The van der Waals surface area contributed by atoms with Crippen LogP contribution in [0.2, 0.25) is 0 Å². The van der Waals surface area contributed by atoms with Crippen molar-refractivity contribution in [3.8, 4) is 5.88 Å². The normalized spacial score (nSPS) is 22.6. The average Bonchev–Trinajstić information content (AvgIpc) is 2.95. The van der Waals surface area contributed by atoms with Crippen molar-refractivity contribution < 1.29 is 19.4 Å². The minimum Gasteiger partial charge on any atom is -0.475 e. The summed E-state index contributed by atoms with van der Waals surface area (Å²) in [5, 5.41) is 9.19. The largest absolute Gasteiger partial charge is 0.475 e. The zero-order chi connectivity index (χ0) is 13.9. The van der Waals surface area contributed by atoms with Crippen molar-refractivity contribution in [2.45, 2.75) is 25.0 Å². The number of rotatable bonds is 4. The summed E-state index contributed by atoms with van der Waals surface area (Å²) in [4.78, 5) is 17.7. The number of ether oxygens (including phenoxy) is 2. The van der Waals surface area contributed by atoms with Gasteiger partial charge in [-0.3, -0.25) is 4.79 Å². The molecule has 6 heteroatoms. The van der Waals surface area contributed by atoms with E-state index in [-0.39, 0.29) is 18.1 Å². The number of carbonyl (C=O) groups excluding carboxylic acids is 1. The van der Waals surface area contributed by atoms with E-state index in [9.17, 15) is 9.90 Å². The minimum atomic E-state index is -0.388. The molecule has 1 amide bonds. The molecule has 2 aliphatic rings. The number of amides is 1. The number of nitrogens with zero attached hydrogens (tertiary/aromatic N) is 2. The van der Waals surface area contributed by atoms with Crippen LogP contribution in [0, 0.1) is 0 Å². The molecule has 108 valence electrons. The Balaban J connectivity index is 1.52. The summed E-state index contributed by atoms with van der Waals surface area (Å²) in [7, 11) is 0. The molecular weight excluding hydrogens is 260 g/mol. The highest BCUT2D eigenvalue weighted by Crippen LogP contribution is 2.16. The fourth-order valence-electron chi connectivity index (χ4n) is 2.35. The van der Waals surface area contributed by atoms with Crippen molar-refractivity contribution in [2.75, 3.05) is 26.3 Å². The first kappa shape index (κ1) is 13.3. The fourth-order valence-corrected chi connectivity index (χ4v) is 2.35. The van der Waals surface area contributed by atoms with E-state index in [1.807, 2.05) is 0 Å². The van der Waals surface area contributed by atoms with Crippen LogP contribution in [0.5, 0.6) is 5.88 Å². The molecule has 2 fully saturated rings. The maximum atomic E-state index is 12.0. The number of likely N-dealkylation sites (tertiary alicyclic amines) is 1. The molecule has 1 aromatic heterocycles. The third kappa shape index (κ3) is 2.91. The predicted octanol–water partition coefficient (Wildman–Crippen LogP) is 0.456. The van der Waals surface area contributed by atoms with E-state index < -0.39 is 0 Å². The molecule has 6 nitrogen and oxygen atoms in total. The fraction of sp³-hybridized carbons (Fsp3) is 0.571. The van der Waals surface area contributed by atoms with Crippen LogP contribution in [0.3, 0.4) is 0 Å². The zero-order valence-electron chi connectivity index (χ0n) is 11.2. The first-order chi connectivity index (χ1) is 9.72. The molecule has 0 unspecified atom stereocenters. The molecule has 1 aromatic rings. The van der Waals surface area contributed by atoms with Gasteiger partial charge in [-0.25, -0.2) is 4.98 Å². The van der Waals surface area contributed by atoms with E-state index >= 15 is 0 Å². The lowest BCUT2D eigenvalue weighted by Gasteiger charge is -2.35. The first-order valence-electron chi connectivity index (χ1n) is 6.90. The summed E-state index contributed by atoms with van der Waals surface area (Å²) in [6, 6.07) is 3.39. The van der Waals surface area contributed by atoms with Gasteiger partial charge in [-0.1, -0.05) is 0 Å². The van der Waals surface area contributed by atoms with Gasteiger partial charge in [0.05, 0.1) is 17.8 Å². The van der Waals surface area contributed by atoms with Gasteiger partial charge in [-0.2, -0.15) is 0 Å². The van der Waals surface area contributed by atoms with E-state index in [1.54, 1.807) is 17.0 Å². The molecule has 3 heterocycles. The maximum Gasteiger partial charge on any atom is 0.255 e. The smallest absolute Gasteiger partial charge is 0.255 e. The molecule has 2 aliphatic heterocycles. The minimum absolute atomic E-state index is 0.103. The van der Waals surface area contributed by atoms with Crippen LogP contribution in [0.4, 0.5) is 0 Å². The number of carbonyl (C=O) groups is 1. The lowest BCUT2D eigenvalue weighted by atomic mass is 10.1. The second-order valence-corrected chi connectivity index (χ2v) is 5.20. The van der Waals surface area contributed by atoms with Crippen LogP contribution in [-0.4, -0.2) is 59.4 Å². The van der Waals surface area contributed by atoms with Gasteiger partial charge in [-0.15, -0.1) is 0 Å². The second kappa shape index (κ2) is 5.76. The third-order valence-electron chi connectivity index (χ3n) is 3.57. The molecule has 1 atom stereocenters. The monoisotopic (exact) mass is 278 g/mol. The Hall–Kier alpha value is -1.66. The molecule has 0 saturated carbocycles. The van der Waals surface area contributed by atoms with E-state index in [4.69, 9.17) is 9.47 Å². The summed E-state index contributed by atoms with van der Waals surface area (Å²) in [5.74, 6) is 0.397. The van der Waals surface area contributed by atoms with E-state index in [0.29, 0.717) is 31.1 Å². The Bertz CT molecular complexity index is 465. The van der Waals surface area contributed by atoms with E-state index in [0.717, 1.165) is 19.4 Å². The Labute approximate surface area is 117 Å². The van der Waals surface area contributed by atoms with Crippen LogP contribution in [0.1, 0.15) is 23.2 Å². The highest BCUT2D eigenvalue weighted by atomic mass is 16.5. The van der Waals surface area contributed by atoms with Crippen LogP contribution in [0.15, 0.2) is 18.3 Å². The number of hydrogen-bond donors (Lipinski definition) is 1. The number of pyridine rings is 1. The lowest BCUT2D eigenvalue weighted by Crippen LogP contribution is -2.53. The molecule has 0 bridgehead atoms. The zero-order valence-corrected chi connectivity index (χ0v) is 11.2. The Morgan fingerprint density at radius 2 is 2.35 bits per heavy atom. The van der Waals surface area contributed by atoms with Crippen molar-refractivity contribution in [1.82, 2.24) is 9.88 Å². The number of hydrogen-bond acceptors (Lipinski definition) is 5. The van der Waals surface area contributed by atoms with Crippen LogP contribution in [-0.2, 0) is 4.74 Å². The molecule has 3 rings (SSSR count). The molecule has 0 aliphatic carbocycles. The van der Waals surface area contributed by atoms with Crippen molar-refractivity contribution in [1.29, 1.82) is 0 Å². The molecule has 0 radical (unpaired) electrons. The van der Waals surface area contributed by atoms with Gasteiger partial charge in [0.1, 0.15) is 6.61 Å². The molecule has 2 saturated heterocycles. The third-order valence-corrected chi connectivity index (χ3v) is 3.57. The summed E-state index contributed by atoms with van der Waals surface area (Å²) >= 11 is 0. The predicted molar refractivity (Wildman–Crippen MR) is 70.6 cm³/mol. The second-order valence-electron chi connectivity index (χ2n) is 5.20. The SMILES string of the molecule is O=C(c1ccc(OC[C@H]2CCCO2)nc1)N1CC(O)C1. The summed E-state index contributed by atoms with van der Waals surface area (Å²) in [5.41, 5.74) is 0.515. The summed E-state index contributed by atoms with van der Waals surface area (Å²) < 4.78 is 11.0.